The molecule has 2 amide bonds. The number of para-hydroxylation sites is 1. The maximum Gasteiger partial charge on any atom is 0.266 e. The van der Waals surface area contributed by atoms with Gasteiger partial charge in [0, 0.05) is 17.8 Å². The summed E-state index contributed by atoms with van der Waals surface area (Å²) in [5.74, 6) is -0.422. The minimum atomic E-state index is -0.267. The third kappa shape index (κ3) is 5.44. The maximum atomic E-state index is 13.4. The SMILES string of the molecule is CCNC(=O)c1cccc(NC(=O)CSc2nc3ccccc3c(=O)n2-c2ccc(C)c(C)c2)c1. The number of nitrogens with zero attached hydrogens (tertiary/aromatic N) is 2. The van der Waals surface area contributed by atoms with Gasteiger partial charge in [-0.1, -0.05) is 36.0 Å². The van der Waals surface area contributed by atoms with E-state index < -0.39 is 0 Å². The second kappa shape index (κ2) is 10.6. The lowest BCUT2D eigenvalue weighted by atomic mass is 10.1. The normalized spacial score (nSPS) is 10.8. The van der Waals surface area contributed by atoms with Gasteiger partial charge in [0.05, 0.1) is 22.3 Å². The molecular weight excluding hydrogens is 460 g/mol. The van der Waals surface area contributed by atoms with Crippen LogP contribution >= 0.6 is 11.8 Å². The molecule has 8 heteroatoms. The number of hydrogen-bond donors (Lipinski definition) is 2. The van der Waals surface area contributed by atoms with Crippen molar-refractivity contribution in [1.29, 1.82) is 0 Å². The van der Waals surface area contributed by atoms with E-state index in [1.165, 1.54) is 11.8 Å². The molecule has 0 fully saturated rings. The first-order valence-electron chi connectivity index (χ1n) is 11.3. The van der Waals surface area contributed by atoms with Crippen molar-refractivity contribution in [3.8, 4) is 5.69 Å². The van der Waals surface area contributed by atoms with Gasteiger partial charge in [-0.2, -0.15) is 0 Å². The molecule has 1 aromatic heterocycles. The van der Waals surface area contributed by atoms with Gasteiger partial charge in [0.25, 0.3) is 11.5 Å². The van der Waals surface area contributed by atoms with Crippen molar-refractivity contribution in [2.75, 3.05) is 17.6 Å². The highest BCUT2D eigenvalue weighted by Crippen LogP contribution is 2.23. The van der Waals surface area contributed by atoms with Crippen LogP contribution in [0.25, 0.3) is 16.6 Å². The topological polar surface area (TPSA) is 93.1 Å². The highest BCUT2D eigenvalue weighted by molar-refractivity contribution is 7.99. The largest absolute Gasteiger partial charge is 0.352 e. The molecule has 1 heterocycles. The van der Waals surface area contributed by atoms with Crippen molar-refractivity contribution in [1.82, 2.24) is 14.9 Å². The van der Waals surface area contributed by atoms with E-state index in [2.05, 4.69) is 10.6 Å². The average Bonchev–Trinajstić information content (AvgIpc) is 2.85. The molecule has 0 aliphatic carbocycles. The van der Waals surface area contributed by atoms with Crippen LogP contribution in [0.2, 0.25) is 0 Å². The Bertz CT molecular complexity index is 1480. The first kappa shape index (κ1) is 24.2. The summed E-state index contributed by atoms with van der Waals surface area (Å²) in [7, 11) is 0. The number of thioether (sulfide) groups is 1. The molecule has 35 heavy (non-hydrogen) atoms. The van der Waals surface area contributed by atoms with Gasteiger partial charge < -0.3 is 10.6 Å². The molecule has 7 nitrogen and oxygen atoms in total. The third-order valence-electron chi connectivity index (χ3n) is 5.57. The third-order valence-corrected chi connectivity index (χ3v) is 6.51. The molecule has 4 aromatic rings. The highest BCUT2D eigenvalue weighted by atomic mass is 32.2. The number of carbonyl (C=O) groups is 2. The van der Waals surface area contributed by atoms with E-state index in [4.69, 9.17) is 4.98 Å². The summed E-state index contributed by atoms with van der Waals surface area (Å²) in [6, 6.07) is 19.8. The zero-order chi connectivity index (χ0) is 24.9. The molecule has 3 aromatic carbocycles. The van der Waals surface area contributed by atoms with Gasteiger partial charge in [0.1, 0.15) is 0 Å². The number of hydrogen-bond acceptors (Lipinski definition) is 5. The molecule has 0 saturated heterocycles. The lowest BCUT2D eigenvalue weighted by Crippen LogP contribution is -2.23. The first-order chi connectivity index (χ1) is 16.9. The summed E-state index contributed by atoms with van der Waals surface area (Å²) in [6.07, 6.45) is 0. The molecule has 0 aliphatic heterocycles. The maximum absolute atomic E-state index is 13.4. The molecular formula is C27H26N4O3S. The van der Waals surface area contributed by atoms with Gasteiger partial charge in [-0.25, -0.2) is 4.98 Å². The Morgan fingerprint density at radius 2 is 1.77 bits per heavy atom. The van der Waals surface area contributed by atoms with E-state index in [1.54, 1.807) is 41.0 Å². The number of rotatable bonds is 7. The van der Waals surface area contributed by atoms with Crippen LogP contribution in [0.5, 0.6) is 0 Å². The van der Waals surface area contributed by atoms with Crippen LogP contribution in [-0.2, 0) is 4.79 Å². The molecule has 0 saturated carbocycles. The average molecular weight is 487 g/mol. The van der Waals surface area contributed by atoms with E-state index in [0.29, 0.717) is 39.5 Å². The molecule has 0 spiro atoms. The first-order valence-corrected chi connectivity index (χ1v) is 12.3. The molecule has 0 radical (unpaired) electrons. The molecule has 178 valence electrons. The monoisotopic (exact) mass is 486 g/mol. The van der Waals surface area contributed by atoms with Crippen molar-refractivity contribution in [2.24, 2.45) is 0 Å². The standard InChI is InChI=1S/C27H26N4O3S/c1-4-28-25(33)19-8-7-9-20(15-19)29-24(32)16-35-27-30-23-11-6-5-10-22(23)26(34)31(27)21-13-12-17(2)18(3)14-21/h5-15H,4,16H2,1-3H3,(H,28,33)(H,29,32). The van der Waals surface area contributed by atoms with Gasteiger partial charge in [0.2, 0.25) is 5.91 Å². The summed E-state index contributed by atoms with van der Waals surface area (Å²) in [5.41, 5.74) is 4.28. The quantitative estimate of drug-likeness (QED) is 0.297. The number of amides is 2. The van der Waals surface area contributed by atoms with Gasteiger partial charge >= 0.3 is 0 Å². The van der Waals surface area contributed by atoms with E-state index in [0.717, 1.165) is 11.1 Å². The van der Waals surface area contributed by atoms with Crippen molar-refractivity contribution >= 4 is 40.2 Å². The Kier molecular flexibility index (Phi) is 7.31. The Morgan fingerprint density at radius 3 is 2.54 bits per heavy atom. The fourth-order valence-electron chi connectivity index (χ4n) is 3.63. The smallest absolute Gasteiger partial charge is 0.266 e. The summed E-state index contributed by atoms with van der Waals surface area (Å²) >= 11 is 1.19. The number of nitrogens with one attached hydrogen (secondary N) is 2. The van der Waals surface area contributed by atoms with Crippen molar-refractivity contribution in [3.05, 3.63) is 93.8 Å². The van der Waals surface area contributed by atoms with Crippen LogP contribution < -0.4 is 16.2 Å². The zero-order valence-electron chi connectivity index (χ0n) is 19.8. The van der Waals surface area contributed by atoms with Crippen LogP contribution in [0, 0.1) is 13.8 Å². The fourth-order valence-corrected chi connectivity index (χ4v) is 4.44. The molecule has 2 N–H and O–H groups in total. The van der Waals surface area contributed by atoms with E-state index >= 15 is 0 Å². The van der Waals surface area contributed by atoms with Crippen LogP contribution in [0.3, 0.4) is 0 Å². The molecule has 0 unspecified atom stereocenters. The number of benzene rings is 3. The number of anilines is 1. The van der Waals surface area contributed by atoms with Gasteiger partial charge in [-0.15, -0.1) is 0 Å². The van der Waals surface area contributed by atoms with Crippen LogP contribution in [0.15, 0.2) is 76.7 Å². The second-order valence-electron chi connectivity index (χ2n) is 8.10. The fraction of sp³-hybridized carbons (Fsp3) is 0.185. The summed E-state index contributed by atoms with van der Waals surface area (Å²) in [4.78, 5) is 42.9. The Morgan fingerprint density at radius 1 is 0.971 bits per heavy atom. The summed E-state index contributed by atoms with van der Waals surface area (Å²) in [5, 5.41) is 6.51. The summed E-state index contributed by atoms with van der Waals surface area (Å²) < 4.78 is 1.56. The minimum Gasteiger partial charge on any atom is -0.352 e. The Balaban J connectivity index is 1.61. The van der Waals surface area contributed by atoms with E-state index in [1.807, 2.05) is 51.1 Å². The van der Waals surface area contributed by atoms with Gasteiger partial charge in [-0.3, -0.25) is 19.0 Å². The van der Waals surface area contributed by atoms with Crippen LogP contribution in [0.4, 0.5) is 5.69 Å². The minimum absolute atomic E-state index is 0.0427. The van der Waals surface area contributed by atoms with Crippen LogP contribution in [0.1, 0.15) is 28.4 Å². The van der Waals surface area contributed by atoms with Gasteiger partial charge in [-0.05, 0) is 74.4 Å². The molecule has 0 atom stereocenters. The lowest BCUT2D eigenvalue weighted by molar-refractivity contribution is -0.113. The zero-order valence-corrected chi connectivity index (χ0v) is 20.6. The lowest BCUT2D eigenvalue weighted by Gasteiger charge is -2.14. The molecule has 4 rings (SSSR count). The number of fused-ring (bicyclic) bond motifs is 1. The Hall–Kier alpha value is -3.91. The predicted molar refractivity (Wildman–Crippen MR) is 141 cm³/mol. The van der Waals surface area contributed by atoms with Crippen molar-refractivity contribution < 1.29 is 9.59 Å². The van der Waals surface area contributed by atoms with E-state index in [-0.39, 0.29) is 23.1 Å². The number of carbonyl (C=O) groups excluding carboxylic acids is 2. The molecule has 0 aliphatic rings. The summed E-state index contributed by atoms with van der Waals surface area (Å²) in [6.45, 7) is 6.38. The second-order valence-corrected chi connectivity index (χ2v) is 9.04. The number of aromatic nitrogens is 2. The van der Waals surface area contributed by atoms with Crippen molar-refractivity contribution in [3.63, 3.8) is 0 Å². The Labute approximate surface area is 207 Å². The number of aryl methyl sites for hydroxylation is 2. The van der Waals surface area contributed by atoms with Crippen molar-refractivity contribution in [2.45, 2.75) is 25.9 Å². The highest BCUT2D eigenvalue weighted by Gasteiger charge is 2.16. The molecule has 0 bridgehead atoms. The predicted octanol–water partition coefficient (Wildman–Crippen LogP) is 4.48. The van der Waals surface area contributed by atoms with E-state index in [9.17, 15) is 14.4 Å². The van der Waals surface area contributed by atoms with Crippen LogP contribution in [-0.4, -0.2) is 33.7 Å². The van der Waals surface area contributed by atoms with Gasteiger partial charge in [0.15, 0.2) is 5.16 Å².